The minimum Gasteiger partial charge on any atom is -0.464 e. The van der Waals surface area contributed by atoms with Crippen LogP contribution in [0.3, 0.4) is 0 Å². The first-order valence-electron chi connectivity index (χ1n) is 5.95. The van der Waals surface area contributed by atoms with E-state index in [0.29, 0.717) is 0 Å². The monoisotopic (exact) mass is 373 g/mol. The van der Waals surface area contributed by atoms with E-state index in [1.165, 1.54) is 19.1 Å². The summed E-state index contributed by atoms with van der Waals surface area (Å²) in [5.41, 5.74) is 0.00189. The van der Waals surface area contributed by atoms with Gasteiger partial charge in [0.05, 0.1) is 22.3 Å². The maximum Gasteiger partial charge on any atom is 0.329 e. The lowest BCUT2D eigenvalue weighted by Crippen LogP contribution is -2.45. The van der Waals surface area contributed by atoms with Crippen LogP contribution in [0.1, 0.15) is 13.8 Å². The van der Waals surface area contributed by atoms with E-state index in [1.807, 2.05) is 0 Å². The topological polar surface area (TPSA) is 63.7 Å². The van der Waals surface area contributed by atoms with Crippen LogP contribution in [-0.2, 0) is 19.6 Å². The van der Waals surface area contributed by atoms with E-state index in [2.05, 4.69) is 0 Å². The number of hydrogen-bond donors (Lipinski definition) is 0. The third-order valence-corrected chi connectivity index (χ3v) is 5.39. The Labute approximate surface area is 138 Å². The quantitative estimate of drug-likeness (QED) is 0.566. The molecule has 118 valence electrons. The molecule has 0 saturated carbocycles. The number of anilines is 1. The first kappa shape index (κ1) is 18.4. The number of esters is 1. The second-order valence-corrected chi connectivity index (χ2v) is 7.26. The standard InChI is InChI=1S/C12H14Cl3NO4S/c1-3-20-12(17)8(2)16(21(18,19)7-13)11-9(14)5-4-6-10(11)15/h4-6,8H,3,7H2,1-2H3/t8-/m0/s1. The molecule has 0 unspecified atom stereocenters. The summed E-state index contributed by atoms with van der Waals surface area (Å²) in [6, 6.07) is 3.36. The van der Waals surface area contributed by atoms with Crippen molar-refractivity contribution in [3.05, 3.63) is 28.2 Å². The summed E-state index contributed by atoms with van der Waals surface area (Å²) in [4.78, 5) is 11.9. The van der Waals surface area contributed by atoms with E-state index in [1.54, 1.807) is 13.0 Å². The lowest BCUT2D eigenvalue weighted by Gasteiger charge is -2.29. The second-order valence-electron chi connectivity index (χ2n) is 4.02. The summed E-state index contributed by atoms with van der Waals surface area (Å²) in [5, 5.41) is -0.544. The number of hydrogen-bond acceptors (Lipinski definition) is 4. The number of sulfonamides is 1. The van der Waals surface area contributed by atoms with Crippen molar-refractivity contribution in [3.8, 4) is 0 Å². The zero-order valence-corrected chi connectivity index (χ0v) is 14.4. The fraction of sp³-hybridized carbons (Fsp3) is 0.417. The molecule has 0 heterocycles. The highest BCUT2D eigenvalue weighted by Gasteiger charge is 2.35. The molecule has 0 amide bonds. The normalized spacial score (nSPS) is 12.8. The van der Waals surface area contributed by atoms with Gasteiger partial charge < -0.3 is 4.74 Å². The van der Waals surface area contributed by atoms with Gasteiger partial charge in [0.15, 0.2) is 0 Å². The maximum atomic E-state index is 12.2. The van der Waals surface area contributed by atoms with Crippen molar-refractivity contribution in [2.24, 2.45) is 0 Å². The van der Waals surface area contributed by atoms with Crippen molar-refractivity contribution in [2.75, 3.05) is 16.1 Å². The molecule has 9 heteroatoms. The van der Waals surface area contributed by atoms with Gasteiger partial charge in [-0.15, -0.1) is 11.6 Å². The van der Waals surface area contributed by atoms with E-state index in [-0.39, 0.29) is 22.3 Å². The average molecular weight is 375 g/mol. The summed E-state index contributed by atoms with van der Waals surface area (Å²) in [6.45, 7) is 3.11. The Morgan fingerprint density at radius 3 is 2.29 bits per heavy atom. The Morgan fingerprint density at radius 1 is 1.33 bits per heavy atom. The lowest BCUT2D eigenvalue weighted by molar-refractivity contribution is -0.144. The molecule has 0 spiro atoms. The molecule has 5 nitrogen and oxygen atoms in total. The molecule has 1 aromatic rings. The molecule has 0 aliphatic heterocycles. The first-order chi connectivity index (χ1) is 9.76. The number of nitrogens with zero attached hydrogens (tertiary/aromatic N) is 1. The van der Waals surface area contributed by atoms with Gasteiger partial charge in [-0.3, -0.25) is 4.31 Å². The highest BCUT2D eigenvalue weighted by atomic mass is 35.5. The average Bonchev–Trinajstić information content (AvgIpc) is 2.42. The Hall–Kier alpha value is -0.690. The maximum absolute atomic E-state index is 12.2. The Bertz CT molecular complexity index is 601. The minimum atomic E-state index is -3.99. The summed E-state index contributed by atoms with van der Waals surface area (Å²) >= 11 is 17.6. The second kappa shape index (κ2) is 7.54. The van der Waals surface area contributed by atoms with Gasteiger partial charge in [-0.1, -0.05) is 29.3 Å². The SMILES string of the molecule is CCOC(=O)[C@H](C)N(c1c(Cl)cccc1Cl)S(=O)(=O)CCl. The van der Waals surface area contributed by atoms with E-state index < -0.39 is 27.2 Å². The fourth-order valence-electron chi connectivity index (χ4n) is 1.68. The van der Waals surface area contributed by atoms with Crippen molar-refractivity contribution >= 4 is 56.5 Å². The van der Waals surface area contributed by atoms with Crippen LogP contribution in [0.2, 0.25) is 10.0 Å². The molecule has 0 aliphatic carbocycles. The van der Waals surface area contributed by atoms with Crippen LogP contribution in [0, 0.1) is 0 Å². The predicted octanol–water partition coefficient (Wildman–Crippen LogP) is 3.28. The van der Waals surface area contributed by atoms with Gasteiger partial charge in [0.2, 0.25) is 10.0 Å². The first-order valence-corrected chi connectivity index (χ1v) is 8.85. The highest BCUT2D eigenvalue weighted by molar-refractivity contribution is 7.94. The number of halogens is 3. The molecule has 0 radical (unpaired) electrons. The van der Waals surface area contributed by atoms with Crippen molar-refractivity contribution < 1.29 is 17.9 Å². The van der Waals surface area contributed by atoms with E-state index in [0.717, 1.165) is 4.31 Å². The van der Waals surface area contributed by atoms with Gasteiger partial charge in [-0.25, -0.2) is 13.2 Å². The van der Waals surface area contributed by atoms with Crippen LogP contribution in [0.5, 0.6) is 0 Å². The van der Waals surface area contributed by atoms with Gasteiger partial charge in [0.25, 0.3) is 0 Å². The number of ether oxygens (including phenoxy) is 1. The van der Waals surface area contributed by atoms with Crippen LogP contribution < -0.4 is 4.31 Å². The number of rotatable bonds is 6. The van der Waals surface area contributed by atoms with Crippen molar-refractivity contribution in [1.29, 1.82) is 0 Å². The van der Waals surface area contributed by atoms with Crippen LogP contribution in [-0.4, -0.2) is 32.2 Å². The Kier molecular flexibility index (Phi) is 6.59. The zero-order chi connectivity index (χ0) is 16.2. The number of benzene rings is 1. The molecule has 0 aliphatic rings. The molecule has 0 fully saturated rings. The Balaban J connectivity index is 3.44. The van der Waals surface area contributed by atoms with Gasteiger partial charge >= 0.3 is 5.97 Å². The predicted molar refractivity (Wildman–Crippen MR) is 84.7 cm³/mol. The lowest BCUT2D eigenvalue weighted by atomic mass is 10.2. The molecule has 21 heavy (non-hydrogen) atoms. The molecule has 0 N–H and O–H groups in total. The van der Waals surface area contributed by atoms with Gasteiger partial charge in [0.1, 0.15) is 11.3 Å². The van der Waals surface area contributed by atoms with Gasteiger partial charge in [0, 0.05) is 0 Å². The van der Waals surface area contributed by atoms with Crippen LogP contribution in [0.15, 0.2) is 18.2 Å². The zero-order valence-electron chi connectivity index (χ0n) is 11.3. The smallest absolute Gasteiger partial charge is 0.329 e. The van der Waals surface area contributed by atoms with Crippen molar-refractivity contribution in [2.45, 2.75) is 19.9 Å². The fourth-order valence-corrected chi connectivity index (χ4v) is 3.83. The van der Waals surface area contributed by atoms with Crippen LogP contribution in [0.25, 0.3) is 0 Å². The summed E-state index contributed by atoms with van der Waals surface area (Å²) in [7, 11) is -3.99. The minimum absolute atomic E-state index is 0.00189. The number of para-hydroxylation sites is 1. The summed E-state index contributed by atoms with van der Waals surface area (Å²) < 4.78 is 30.1. The molecule has 0 bridgehead atoms. The van der Waals surface area contributed by atoms with Crippen molar-refractivity contribution in [3.63, 3.8) is 0 Å². The third kappa shape index (κ3) is 4.16. The number of carbonyl (C=O) groups is 1. The largest absolute Gasteiger partial charge is 0.464 e. The Morgan fingerprint density at radius 2 is 1.86 bits per heavy atom. The number of alkyl halides is 1. The van der Waals surface area contributed by atoms with E-state index in [9.17, 15) is 13.2 Å². The van der Waals surface area contributed by atoms with Crippen molar-refractivity contribution in [1.82, 2.24) is 0 Å². The van der Waals surface area contributed by atoms with Gasteiger partial charge in [-0.05, 0) is 26.0 Å². The molecule has 0 aromatic heterocycles. The molecular weight excluding hydrogens is 361 g/mol. The van der Waals surface area contributed by atoms with E-state index in [4.69, 9.17) is 39.5 Å². The van der Waals surface area contributed by atoms with Crippen LogP contribution >= 0.6 is 34.8 Å². The highest BCUT2D eigenvalue weighted by Crippen LogP contribution is 2.37. The number of carbonyl (C=O) groups excluding carboxylic acids is 1. The molecular formula is C12H14Cl3NO4S. The molecule has 1 rings (SSSR count). The molecule has 1 aromatic carbocycles. The molecule has 1 atom stereocenters. The van der Waals surface area contributed by atoms with Crippen LogP contribution in [0.4, 0.5) is 5.69 Å². The van der Waals surface area contributed by atoms with E-state index >= 15 is 0 Å². The van der Waals surface area contributed by atoms with Gasteiger partial charge in [-0.2, -0.15) is 0 Å². The summed E-state index contributed by atoms with van der Waals surface area (Å²) in [5.74, 6) is -0.720. The molecule has 0 saturated heterocycles. The summed E-state index contributed by atoms with van der Waals surface area (Å²) in [6.07, 6.45) is 0. The third-order valence-electron chi connectivity index (χ3n) is 2.57.